The number of rotatable bonds is 6. The van der Waals surface area contributed by atoms with Gasteiger partial charge in [-0.1, -0.05) is 12.1 Å². The van der Waals surface area contributed by atoms with Crippen molar-refractivity contribution in [1.29, 1.82) is 5.26 Å². The van der Waals surface area contributed by atoms with Gasteiger partial charge in [-0.2, -0.15) is 5.26 Å². The maximum absolute atomic E-state index is 11.0. The summed E-state index contributed by atoms with van der Waals surface area (Å²) < 4.78 is 10.7. The largest absolute Gasteiger partial charge is 0.493 e. The van der Waals surface area contributed by atoms with Crippen molar-refractivity contribution >= 4 is 22.4 Å². The molecule has 3 aromatic rings. The Morgan fingerprint density at radius 2 is 2.04 bits per heavy atom. The fourth-order valence-electron chi connectivity index (χ4n) is 2.79. The zero-order valence-electron chi connectivity index (χ0n) is 14.7. The number of fused-ring (bicyclic) bond motifs is 1. The topological polar surface area (TPSA) is 110 Å². The second kappa shape index (κ2) is 7.58. The minimum Gasteiger partial charge on any atom is -0.493 e. The van der Waals surface area contributed by atoms with E-state index in [0.29, 0.717) is 40.3 Å². The van der Waals surface area contributed by atoms with Gasteiger partial charge < -0.3 is 14.8 Å². The number of para-hydroxylation sites is 1. The third-order valence-electron chi connectivity index (χ3n) is 4.07. The van der Waals surface area contributed by atoms with Crippen molar-refractivity contribution < 1.29 is 14.4 Å². The lowest BCUT2D eigenvalue weighted by molar-refractivity contribution is -0.384. The third-order valence-corrected chi connectivity index (χ3v) is 4.07. The molecule has 27 heavy (non-hydrogen) atoms. The molecule has 0 aliphatic carbocycles. The molecule has 0 spiro atoms. The molecule has 0 bridgehead atoms. The normalized spacial score (nSPS) is 10.3. The van der Waals surface area contributed by atoms with E-state index in [1.165, 1.54) is 18.2 Å². The van der Waals surface area contributed by atoms with Gasteiger partial charge in [0.1, 0.15) is 5.82 Å². The van der Waals surface area contributed by atoms with Crippen LogP contribution in [0.5, 0.6) is 11.5 Å². The first-order chi connectivity index (χ1) is 13.1. The van der Waals surface area contributed by atoms with Crippen molar-refractivity contribution in [2.75, 3.05) is 19.5 Å². The maximum Gasteiger partial charge on any atom is 0.270 e. The number of non-ortho nitro benzene ring substituents is 1. The Bertz CT molecular complexity index is 1060. The van der Waals surface area contributed by atoms with E-state index < -0.39 is 4.92 Å². The molecule has 0 atom stereocenters. The molecular weight excluding hydrogens is 348 g/mol. The highest BCUT2D eigenvalue weighted by molar-refractivity contribution is 5.88. The molecule has 2 aromatic carbocycles. The van der Waals surface area contributed by atoms with Crippen LogP contribution in [-0.2, 0) is 6.54 Å². The van der Waals surface area contributed by atoms with Crippen LogP contribution in [0.1, 0.15) is 11.1 Å². The summed E-state index contributed by atoms with van der Waals surface area (Å²) in [5, 5.41) is 24.0. The number of nitriles is 1. The van der Waals surface area contributed by atoms with Crippen LogP contribution in [0.4, 0.5) is 11.5 Å². The lowest BCUT2D eigenvalue weighted by atomic mass is 10.1. The predicted molar refractivity (Wildman–Crippen MR) is 100.0 cm³/mol. The van der Waals surface area contributed by atoms with E-state index in [2.05, 4.69) is 16.4 Å². The van der Waals surface area contributed by atoms with Crippen LogP contribution in [0.2, 0.25) is 0 Å². The van der Waals surface area contributed by atoms with Gasteiger partial charge in [0.25, 0.3) is 5.69 Å². The van der Waals surface area contributed by atoms with Gasteiger partial charge in [-0.3, -0.25) is 10.1 Å². The number of aromatic nitrogens is 1. The number of ether oxygens (including phenoxy) is 2. The number of hydrogen-bond donors (Lipinski definition) is 1. The summed E-state index contributed by atoms with van der Waals surface area (Å²) in [6.45, 7) is 0.400. The average Bonchev–Trinajstić information content (AvgIpc) is 2.70. The Morgan fingerprint density at radius 1 is 1.22 bits per heavy atom. The monoisotopic (exact) mass is 364 g/mol. The van der Waals surface area contributed by atoms with Crippen LogP contribution in [0.15, 0.2) is 42.5 Å². The minimum atomic E-state index is -0.498. The zero-order chi connectivity index (χ0) is 19.4. The standard InChI is InChI=1S/C19H16N4O4/c1-26-17-5-3-4-12(19(17)27-2)11-21-18-8-13(10-20)15-9-14(23(24)25)6-7-16(15)22-18/h3-9H,11H2,1-2H3,(H,21,22). The molecule has 3 rings (SSSR count). The number of methoxy groups -OCH3 is 2. The quantitative estimate of drug-likeness (QED) is 0.525. The van der Waals surface area contributed by atoms with E-state index in [0.717, 1.165) is 5.56 Å². The fourth-order valence-corrected chi connectivity index (χ4v) is 2.79. The molecule has 0 radical (unpaired) electrons. The molecule has 0 saturated carbocycles. The predicted octanol–water partition coefficient (Wildman–Crippen LogP) is 3.64. The number of nitro groups is 1. The minimum absolute atomic E-state index is 0.0809. The van der Waals surface area contributed by atoms with Crippen molar-refractivity contribution in [2.45, 2.75) is 6.54 Å². The highest BCUT2D eigenvalue weighted by Crippen LogP contribution is 2.31. The molecule has 8 nitrogen and oxygen atoms in total. The Morgan fingerprint density at radius 3 is 2.70 bits per heavy atom. The van der Waals surface area contributed by atoms with Crippen molar-refractivity contribution in [3.05, 3.63) is 63.7 Å². The van der Waals surface area contributed by atoms with E-state index in [-0.39, 0.29) is 5.69 Å². The van der Waals surface area contributed by atoms with Gasteiger partial charge in [-0.05, 0) is 18.2 Å². The van der Waals surface area contributed by atoms with E-state index in [1.807, 2.05) is 12.1 Å². The van der Waals surface area contributed by atoms with Crippen LogP contribution in [-0.4, -0.2) is 24.1 Å². The van der Waals surface area contributed by atoms with E-state index in [9.17, 15) is 15.4 Å². The summed E-state index contributed by atoms with van der Waals surface area (Å²) in [6.07, 6.45) is 0. The van der Waals surface area contributed by atoms with Crippen LogP contribution in [0.25, 0.3) is 10.9 Å². The van der Waals surface area contributed by atoms with Gasteiger partial charge >= 0.3 is 0 Å². The molecule has 1 heterocycles. The second-order valence-corrected chi connectivity index (χ2v) is 5.63. The Labute approximate surface area is 155 Å². The summed E-state index contributed by atoms with van der Waals surface area (Å²) in [6, 6.07) is 13.4. The van der Waals surface area contributed by atoms with Crippen LogP contribution in [0.3, 0.4) is 0 Å². The highest BCUT2D eigenvalue weighted by Gasteiger charge is 2.13. The zero-order valence-corrected chi connectivity index (χ0v) is 14.7. The SMILES string of the molecule is COc1cccc(CNc2cc(C#N)c3cc([N+](=O)[O-])ccc3n2)c1OC. The summed E-state index contributed by atoms with van der Waals surface area (Å²) in [4.78, 5) is 14.9. The summed E-state index contributed by atoms with van der Waals surface area (Å²) >= 11 is 0. The molecule has 0 fully saturated rings. The number of anilines is 1. The molecule has 1 aromatic heterocycles. The number of hydrogen-bond acceptors (Lipinski definition) is 7. The molecular formula is C19H16N4O4. The third kappa shape index (κ3) is 3.57. The van der Waals surface area contributed by atoms with Crippen LogP contribution >= 0.6 is 0 Å². The number of nitrogens with zero attached hydrogens (tertiary/aromatic N) is 3. The Balaban J connectivity index is 1.94. The molecule has 0 unspecified atom stereocenters. The van der Waals surface area contributed by atoms with Gasteiger partial charge in [-0.25, -0.2) is 4.98 Å². The van der Waals surface area contributed by atoms with Crippen molar-refractivity contribution in [2.24, 2.45) is 0 Å². The average molecular weight is 364 g/mol. The van der Waals surface area contributed by atoms with Gasteiger partial charge in [0.2, 0.25) is 0 Å². The number of nitro benzene ring substituents is 1. The van der Waals surface area contributed by atoms with Crippen molar-refractivity contribution in [3.8, 4) is 17.6 Å². The molecule has 0 amide bonds. The second-order valence-electron chi connectivity index (χ2n) is 5.63. The molecule has 1 N–H and O–H groups in total. The number of nitrogens with one attached hydrogen (secondary N) is 1. The van der Waals surface area contributed by atoms with Gasteiger partial charge in [0, 0.05) is 29.6 Å². The number of pyridine rings is 1. The van der Waals surface area contributed by atoms with Crippen molar-refractivity contribution in [1.82, 2.24) is 4.98 Å². The Hall–Kier alpha value is -3.86. The lowest BCUT2D eigenvalue weighted by Crippen LogP contribution is -2.05. The van der Waals surface area contributed by atoms with Crippen LogP contribution < -0.4 is 14.8 Å². The van der Waals surface area contributed by atoms with E-state index in [1.54, 1.807) is 26.4 Å². The molecule has 0 saturated heterocycles. The first-order valence-corrected chi connectivity index (χ1v) is 8.00. The van der Waals surface area contributed by atoms with Crippen LogP contribution in [0, 0.1) is 21.4 Å². The van der Waals surface area contributed by atoms with Crippen molar-refractivity contribution in [3.63, 3.8) is 0 Å². The Kier molecular flexibility index (Phi) is 5.04. The van der Waals surface area contributed by atoms with E-state index >= 15 is 0 Å². The molecule has 8 heteroatoms. The molecule has 136 valence electrons. The summed E-state index contributed by atoms with van der Waals surface area (Å²) in [5.74, 6) is 1.72. The first-order valence-electron chi connectivity index (χ1n) is 8.00. The van der Waals surface area contributed by atoms with E-state index in [4.69, 9.17) is 9.47 Å². The van der Waals surface area contributed by atoms with Gasteiger partial charge in [-0.15, -0.1) is 0 Å². The summed E-state index contributed by atoms with van der Waals surface area (Å²) in [7, 11) is 3.13. The fraction of sp³-hybridized carbons (Fsp3) is 0.158. The molecule has 0 aliphatic rings. The summed E-state index contributed by atoms with van der Waals surface area (Å²) in [5.41, 5.74) is 1.59. The van der Waals surface area contributed by atoms with Gasteiger partial charge in [0.15, 0.2) is 11.5 Å². The first kappa shape index (κ1) is 17.9. The van der Waals surface area contributed by atoms with Gasteiger partial charge in [0.05, 0.1) is 36.3 Å². The maximum atomic E-state index is 11.0. The smallest absolute Gasteiger partial charge is 0.270 e. The lowest BCUT2D eigenvalue weighted by Gasteiger charge is -2.14. The highest BCUT2D eigenvalue weighted by atomic mass is 16.6. The number of benzene rings is 2. The molecule has 0 aliphatic heterocycles.